The van der Waals surface area contributed by atoms with Gasteiger partial charge in [-0.1, -0.05) is 0 Å². The normalized spacial score (nSPS) is 24.9. The molecule has 0 aromatic heterocycles. The molecule has 2 fully saturated rings. The van der Waals surface area contributed by atoms with Crippen molar-refractivity contribution in [1.29, 1.82) is 0 Å². The van der Waals surface area contributed by atoms with E-state index in [4.69, 9.17) is 4.74 Å². The number of hydrogen-bond acceptors (Lipinski definition) is 6. The van der Waals surface area contributed by atoms with Gasteiger partial charge in [-0.05, 0) is 88.7 Å². The monoisotopic (exact) mass is 396 g/mol. The standard InChI is InChI=1S/C19H28N2O5S/c1-14(2)26-15-3-5-16(6-4-15)27(24,25)19(17(22)21-23)8-7-18(13-19)9-11-20-12-10-18/h3-6,14,20,23H,7-13H2,1-2H3,(H,21,22). The van der Waals surface area contributed by atoms with Gasteiger partial charge < -0.3 is 10.1 Å². The number of rotatable bonds is 5. The third-order valence-electron chi connectivity index (χ3n) is 5.92. The van der Waals surface area contributed by atoms with Crippen LogP contribution in [0.2, 0.25) is 0 Å². The third kappa shape index (κ3) is 3.58. The van der Waals surface area contributed by atoms with Crippen LogP contribution in [0.15, 0.2) is 29.2 Å². The lowest BCUT2D eigenvalue weighted by molar-refractivity contribution is -0.132. The van der Waals surface area contributed by atoms with Gasteiger partial charge in [0.1, 0.15) is 5.75 Å². The molecule has 1 unspecified atom stereocenters. The number of carbonyl (C=O) groups is 1. The first-order chi connectivity index (χ1) is 12.7. The molecule has 27 heavy (non-hydrogen) atoms. The summed E-state index contributed by atoms with van der Waals surface area (Å²) in [6.07, 6.45) is 2.77. The molecule has 8 heteroatoms. The number of sulfone groups is 1. The number of hydrogen-bond donors (Lipinski definition) is 3. The fraction of sp³-hybridized carbons (Fsp3) is 0.632. The van der Waals surface area contributed by atoms with Gasteiger partial charge in [0.15, 0.2) is 14.6 Å². The highest BCUT2D eigenvalue weighted by atomic mass is 32.2. The molecule has 1 amide bonds. The van der Waals surface area contributed by atoms with Crippen LogP contribution >= 0.6 is 0 Å². The zero-order valence-electron chi connectivity index (χ0n) is 15.8. The van der Waals surface area contributed by atoms with E-state index in [2.05, 4.69) is 5.32 Å². The van der Waals surface area contributed by atoms with E-state index < -0.39 is 20.5 Å². The highest BCUT2D eigenvalue weighted by molar-refractivity contribution is 7.93. The summed E-state index contributed by atoms with van der Waals surface area (Å²) in [5, 5.41) is 12.6. The van der Waals surface area contributed by atoms with Crippen LogP contribution in [0.5, 0.6) is 5.75 Å². The lowest BCUT2D eigenvalue weighted by Gasteiger charge is -2.36. The number of carbonyl (C=O) groups excluding carboxylic acids is 1. The Morgan fingerprint density at radius 2 is 1.78 bits per heavy atom. The van der Waals surface area contributed by atoms with E-state index in [-0.39, 0.29) is 29.3 Å². The van der Waals surface area contributed by atoms with Gasteiger partial charge in [0, 0.05) is 0 Å². The molecule has 1 saturated carbocycles. The molecular formula is C19H28N2O5S. The predicted octanol–water partition coefficient (Wildman–Crippen LogP) is 2.05. The van der Waals surface area contributed by atoms with Crippen molar-refractivity contribution in [3.8, 4) is 5.75 Å². The molecule has 2 aliphatic rings. The lowest BCUT2D eigenvalue weighted by atomic mass is 9.77. The molecule has 1 saturated heterocycles. The van der Waals surface area contributed by atoms with Gasteiger partial charge in [-0.2, -0.15) is 0 Å². The highest BCUT2D eigenvalue weighted by Crippen LogP contribution is 2.54. The first-order valence-corrected chi connectivity index (χ1v) is 10.9. The highest BCUT2D eigenvalue weighted by Gasteiger charge is 2.60. The fourth-order valence-electron chi connectivity index (χ4n) is 4.48. The molecule has 1 atom stereocenters. The summed E-state index contributed by atoms with van der Waals surface area (Å²) in [6, 6.07) is 6.17. The summed E-state index contributed by atoms with van der Waals surface area (Å²) in [5.41, 5.74) is 1.45. The molecule has 0 bridgehead atoms. The Bertz CT molecular complexity index is 785. The predicted molar refractivity (Wildman–Crippen MR) is 100 cm³/mol. The Balaban J connectivity index is 1.96. The molecule has 150 valence electrons. The molecule has 7 nitrogen and oxygen atoms in total. The molecule has 1 heterocycles. The van der Waals surface area contributed by atoms with Crippen molar-refractivity contribution in [1.82, 2.24) is 10.8 Å². The Hall–Kier alpha value is -1.64. The summed E-state index contributed by atoms with van der Waals surface area (Å²) in [4.78, 5) is 12.7. The molecule has 1 aliphatic heterocycles. The summed E-state index contributed by atoms with van der Waals surface area (Å²) in [6.45, 7) is 5.42. The van der Waals surface area contributed by atoms with Crippen molar-refractivity contribution in [3.63, 3.8) is 0 Å². The smallest absolute Gasteiger partial charge is 0.265 e. The molecule has 1 aliphatic carbocycles. The van der Waals surface area contributed by atoms with E-state index in [1.165, 1.54) is 12.1 Å². The Kier molecular flexibility index (Phi) is 5.52. The number of benzene rings is 1. The van der Waals surface area contributed by atoms with E-state index in [1.807, 2.05) is 13.8 Å². The third-order valence-corrected chi connectivity index (χ3v) is 8.37. The number of ether oxygens (including phenoxy) is 1. The Morgan fingerprint density at radius 1 is 1.15 bits per heavy atom. The summed E-state index contributed by atoms with van der Waals surface area (Å²) in [5.74, 6) is -0.258. The summed E-state index contributed by atoms with van der Waals surface area (Å²) in [7, 11) is -3.98. The maximum absolute atomic E-state index is 13.5. The second-order valence-corrected chi connectivity index (χ2v) is 10.3. The maximum Gasteiger partial charge on any atom is 0.265 e. The first-order valence-electron chi connectivity index (χ1n) is 9.41. The van der Waals surface area contributed by atoms with Gasteiger partial charge in [0.25, 0.3) is 5.91 Å². The van der Waals surface area contributed by atoms with Crippen molar-refractivity contribution < 1.29 is 23.2 Å². The van der Waals surface area contributed by atoms with Crippen LogP contribution in [0, 0.1) is 5.41 Å². The Morgan fingerprint density at radius 3 is 2.33 bits per heavy atom. The molecule has 0 radical (unpaired) electrons. The van der Waals surface area contributed by atoms with Gasteiger partial charge in [0.05, 0.1) is 11.0 Å². The maximum atomic E-state index is 13.5. The number of piperidine rings is 1. The minimum absolute atomic E-state index is 0.0198. The van der Waals surface area contributed by atoms with Crippen LogP contribution in [0.25, 0.3) is 0 Å². The second-order valence-electron chi connectivity index (χ2n) is 8.00. The van der Waals surface area contributed by atoms with E-state index in [0.717, 1.165) is 25.9 Å². The van der Waals surface area contributed by atoms with Crippen LogP contribution < -0.4 is 15.5 Å². The van der Waals surface area contributed by atoms with Gasteiger partial charge in [-0.25, -0.2) is 13.9 Å². The summed E-state index contributed by atoms with van der Waals surface area (Å²) < 4.78 is 30.9. The number of hydroxylamine groups is 1. The van der Waals surface area contributed by atoms with Gasteiger partial charge in [0.2, 0.25) is 0 Å². The summed E-state index contributed by atoms with van der Waals surface area (Å²) >= 11 is 0. The van der Waals surface area contributed by atoms with E-state index in [1.54, 1.807) is 17.6 Å². The lowest BCUT2D eigenvalue weighted by Crippen LogP contribution is -2.51. The van der Waals surface area contributed by atoms with E-state index >= 15 is 0 Å². The molecule has 1 aromatic rings. The first kappa shape index (κ1) is 20.1. The zero-order valence-corrected chi connectivity index (χ0v) is 16.6. The van der Waals surface area contributed by atoms with Crippen LogP contribution in [-0.2, 0) is 14.6 Å². The van der Waals surface area contributed by atoms with E-state index in [9.17, 15) is 18.4 Å². The minimum Gasteiger partial charge on any atom is -0.491 e. The molecular weight excluding hydrogens is 368 g/mol. The molecule has 1 spiro atoms. The van der Waals surface area contributed by atoms with Crippen molar-refractivity contribution in [2.24, 2.45) is 5.41 Å². The van der Waals surface area contributed by atoms with Crippen LogP contribution in [0.4, 0.5) is 0 Å². The van der Waals surface area contributed by atoms with Gasteiger partial charge in [-0.3, -0.25) is 10.0 Å². The van der Waals surface area contributed by atoms with Crippen molar-refractivity contribution in [2.75, 3.05) is 13.1 Å². The quantitative estimate of drug-likeness (QED) is 0.520. The van der Waals surface area contributed by atoms with Crippen LogP contribution in [0.1, 0.15) is 46.0 Å². The largest absolute Gasteiger partial charge is 0.491 e. The van der Waals surface area contributed by atoms with Crippen molar-refractivity contribution >= 4 is 15.7 Å². The van der Waals surface area contributed by atoms with Crippen LogP contribution in [-0.4, -0.2) is 43.5 Å². The zero-order chi connectivity index (χ0) is 19.7. The molecule has 3 N–H and O–H groups in total. The Labute approximate surface area is 160 Å². The SMILES string of the molecule is CC(C)Oc1ccc(S(=O)(=O)C2(C(=O)NO)CCC3(CCNCC3)C2)cc1. The average Bonchev–Trinajstić information content (AvgIpc) is 3.02. The van der Waals surface area contributed by atoms with Crippen molar-refractivity contribution in [2.45, 2.75) is 61.7 Å². The molecule has 1 aromatic carbocycles. The number of amides is 1. The van der Waals surface area contributed by atoms with Crippen molar-refractivity contribution in [3.05, 3.63) is 24.3 Å². The van der Waals surface area contributed by atoms with Gasteiger partial charge >= 0.3 is 0 Å². The second kappa shape index (κ2) is 7.41. The molecule has 3 rings (SSSR count). The topological polar surface area (TPSA) is 105 Å². The van der Waals surface area contributed by atoms with Crippen LogP contribution in [0.3, 0.4) is 0 Å². The van der Waals surface area contributed by atoms with E-state index in [0.29, 0.717) is 12.2 Å². The number of nitrogens with one attached hydrogen (secondary N) is 2. The minimum atomic E-state index is -3.98. The fourth-order valence-corrected chi connectivity index (χ4v) is 6.58. The average molecular weight is 397 g/mol. The van der Waals surface area contributed by atoms with Gasteiger partial charge in [-0.15, -0.1) is 0 Å².